The van der Waals surface area contributed by atoms with E-state index in [4.69, 9.17) is 4.42 Å². The van der Waals surface area contributed by atoms with Crippen LogP contribution in [0.2, 0.25) is 0 Å². The molecule has 0 aliphatic rings. The summed E-state index contributed by atoms with van der Waals surface area (Å²) in [5.41, 5.74) is -1.13. The second kappa shape index (κ2) is 9.80. The van der Waals surface area contributed by atoms with E-state index >= 15 is 0 Å². The van der Waals surface area contributed by atoms with Crippen LogP contribution in [0.1, 0.15) is 25.1 Å². The van der Waals surface area contributed by atoms with E-state index in [1.165, 1.54) is 45.3 Å². The molecule has 4 aromatic rings. The van der Waals surface area contributed by atoms with Gasteiger partial charge in [0.05, 0.1) is 23.5 Å². The average molecular weight is 551 g/mol. The number of hydrogen-bond donors (Lipinski definition) is 1. The second-order valence-corrected chi connectivity index (χ2v) is 10.8. The first-order valence-corrected chi connectivity index (χ1v) is 12.6. The Morgan fingerprint density at radius 3 is 2.45 bits per heavy atom. The number of nitrogens with one attached hydrogen (secondary N) is 1. The number of alkyl halides is 3. The molecular formula is C25H22F4N4O4S. The molecule has 13 heteroatoms. The Morgan fingerprint density at radius 2 is 1.79 bits per heavy atom. The number of fused-ring (bicyclic) bond motifs is 1. The van der Waals surface area contributed by atoms with Crippen molar-refractivity contribution >= 4 is 26.9 Å². The Kier molecular flexibility index (Phi) is 7.01. The summed E-state index contributed by atoms with van der Waals surface area (Å²) in [6.45, 7) is 2.71. The predicted octanol–water partition coefficient (Wildman–Crippen LogP) is 4.76. The van der Waals surface area contributed by atoms with Gasteiger partial charge in [0.2, 0.25) is 11.0 Å². The van der Waals surface area contributed by atoms with Crippen LogP contribution in [0.25, 0.3) is 22.2 Å². The highest BCUT2D eigenvalue weighted by atomic mass is 32.2. The Bertz CT molecular complexity index is 1600. The quantitative estimate of drug-likeness (QED) is 0.333. The van der Waals surface area contributed by atoms with Crippen molar-refractivity contribution in [2.24, 2.45) is 0 Å². The van der Waals surface area contributed by atoms with E-state index in [-0.39, 0.29) is 23.2 Å². The SMILES string of the molecule is CN(C(C)(C)C(=O)NCc1cc(-c2ccc(C(F)(F)F)cn2)ccn1)S(=O)(=O)c1cc2cc(F)ccc2o1. The predicted molar refractivity (Wildman–Crippen MR) is 130 cm³/mol. The molecule has 1 amide bonds. The van der Waals surface area contributed by atoms with Crippen molar-refractivity contribution in [2.75, 3.05) is 7.05 Å². The number of sulfonamides is 1. The van der Waals surface area contributed by atoms with Crippen LogP contribution < -0.4 is 5.32 Å². The van der Waals surface area contributed by atoms with E-state index in [1.54, 1.807) is 12.1 Å². The molecule has 0 atom stereocenters. The second-order valence-electron chi connectivity index (χ2n) is 8.93. The summed E-state index contributed by atoms with van der Waals surface area (Å²) in [6.07, 6.45) is -2.36. The van der Waals surface area contributed by atoms with Crippen LogP contribution in [0.15, 0.2) is 70.4 Å². The van der Waals surface area contributed by atoms with E-state index in [0.29, 0.717) is 11.3 Å². The molecule has 0 radical (unpaired) electrons. The van der Waals surface area contributed by atoms with Gasteiger partial charge in [0.25, 0.3) is 10.0 Å². The molecule has 0 aliphatic carbocycles. The van der Waals surface area contributed by atoms with Crippen molar-refractivity contribution in [2.45, 2.75) is 37.2 Å². The Balaban J connectivity index is 1.48. The maximum absolute atomic E-state index is 13.5. The van der Waals surface area contributed by atoms with Crippen LogP contribution >= 0.6 is 0 Å². The van der Waals surface area contributed by atoms with Gasteiger partial charge in [-0.15, -0.1) is 0 Å². The van der Waals surface area contributed by atoms with Gasteiger partial charge in [0.1, 0.15) is 16.9 Å². The first kappa shape index (κ1) is 27.2. The number of likely N-dealkylation sites (N-methyl/N-ethyl adjacent to an activating group) is 1. The number of rotatable bonds is 7. The fraction of sp³-hybridized carbons (Fsp3) is 0.240. The summed E-state index contributed by atoms with van der Waals surface area (Å²) in [5, 5.41) is 2.44. The van der Waals surface area contributed by atoms with Crippen molar-refractivity contribution < 1.29 is 35.2 Å². The minimum absolute atomic E-state index is 0.0887. The molecule has 1 aromatic carbocycles. The molecule has 8 nitrogen and oxygen atoms in total. The summed E-state index contributed by atoms with van der Waals surface area (Å²) < 4.78 is 84.5. The number of amides is 1. The first-order chi connectivity index (χ1) is 17.7. The number of pyridine rings is 2. The van der Waals surface area contributed by atoms with Gasteiger partial charge in [-0.3, -0.25) is 14.8 Å². The molecule has 0 saturated carbocycles. The minimum atomic E-state index is -4.50. The molecule has 0 aliphatic heterocycles. The molecule has 38 heavy (non-hydrogen) atoms. The summed E-state index contributed by atoms with van der Waals surface area (Å²) >= 11 is 0. The number of halogens is 4. The zero-order valence-corrected chi connectivity index (χ0v) is 21.2. The van der Waals surface area contributed by atoms with Crippen LogP contribution in [-0.2, 0) is 27.5 Å². The van der Waals surface area contributed by atoms with Gasteiger partial charge in [0.15, 0.2) is 0 Å². The van der Waals surface area contributed by atoms with Crippen molar-refractivity contribution in [1.82, 2.24) is 19.6 Å². The number of carbonyl (C=O) groups excluding carboxylic acids is 1. The Morgan fingerprint density at radius 1 is 1.05 bits per heavy atom. The van der Waals surface area contributed by atoms with Crippen molar-refractivity contribution in [3.8, 4) is 11.3 Å². The number of hydrogen-bond acceptors (Lipinski definition) is 6. The van der Waals surface area contributed by atoms with Crippen molar-refractivity contribution in [3.05, 3.63) is 78.0 Å². The number of furan rings is 1. The first-order valence-electron chi connectivity index (χ1n) is 11.1. The fourth-order valence-electron chi connectivity index (χ4n) is 3.55. The smallest absolute Gasteiger partial charge is 0.417 e. The third-order valence-corrected chi connectivity index (χ3v) is 7.93. The summed E-state index contributed by atoms with van der Waals surface area (Å²) in [5.74, 6) is -1.20. The van der Waals surface area contributed by atoms with Gasteiger partial charge in [-0.05, 0) is 56.3 Å². The lowest BCUT2D eigenvalue weighted by Crippen LogP contribution is -2.55. The van der Waals surface area contributed by atoms with E-state index in [1.807, 2.05) is 0 Å². The molecule has 3 aromatic heterocycles. The highest BCUT2D eigenvalue weighted by Crippen LogP contribution is 2.30. The molecular weight excluding hydrogens is 528 g/mol. The third-order valence-electron chi connectivity index (χ3n) is 6.05. The van der Waals surface area contributed by atoms with Crippen molar-refractivity contribution in [3.63, 3.8) is 0 Å². The lowest BCUT2D eigenvalue weighted by Gasteiger charge is -2.32. The molecule has 1 N–H and O–H groups in total. The fourth-order valence-corrected chi connectivity index (χ4v) is 4.97. The van der Waals surface area contributed by atoms with E-state index in [9.17, 15) is 30.8 Å². The minimum Gasteiger partial charge on any atom is -0.443 e. The Hall–Kier alpha value is -3.84. The molecule has 0 saturated heterocycles. The number of nitrogens with zero attached hydrogens (tertiary/aromatic N) is 3. The van der Waals surface area contributed by atoms with Gasteiger partial charge in [-0.1, -0.05) is 0 Å². The van der Waals surface area contributed by atoms with Crippen LogP contribution in [-0.4, -0.2) is 41.2 Å². The van der Waals surface area contributed by atoms with Gasteiger partial charge in [-0.2, -0.15) is 17.5 Å². The van der Waals surface area contributed by atoms with Crippen molar-refractivity contribution in [1.29, 1.82) is 0 Å². The molecule has 0 fully saturated rings. The Labute approximate surface area is 215 Å². The normalized spacial score (nSPS) is 12.7. The van der Waals surface area contributed by atoms with Gasteiger partial charge >= 0.3 is 6.18 Å². The van der Waals surface area contributed by atoms with Crippen LogP contribution in [0, 0.1) is 5.82 Å². The third kappa shape index (κ3) is 5.38. The van der Waals surface area contributed by atoms with Gasteiger partial charge in [0, 0.05) is 36.5 Å². The highest BCUT2D eigenvalue weighted by molar-refractivity contribution is 7.89. The maximum atomic E-state index is 13.5. The van der Waals surface area contributed by atoms with E-state index in [2.05, 4.69) is 15.3 Å². The van der Waals surface area contributed by atoms with E-state index in [0.717, 1.165) is 28.7 Å². The maximum Gasteiger partial charge on any atom is 0.417 e. The molecule has 0 spiro atoms. The lowest BCUT2D eigenvalue weighted by atomic mass is 10.1. The molecule has 200 valence electrons. The molecule has 4 rings (SSSR count). The lowest BCUT2D eigenvalue weighted by molar-refractivity contribution is -0.137. The molecule has 0 unspecified atom stereocenters. The summed E-state index contributed by atoms with van der Waals surface area (Å²) in [4.78, 5) is 21.0. The number of aromatic nitrogens is 2. The zero-order valence-electron chi connectivity index (χ0n) is 20.4. The van der Waals surface area contributed by atoms with Gasteiger partial charge in [-0.25, -0.2) is 12.8 Å². The van der Waals surface area contributed by atoms with E-state index < -0.39 is 44.1 Å². The number of carbonyl (C=O) groups is 1. The standard InChI is InChI=1S/C25H22F4N4O4S/c1-24(2,33(3)38(35,36)22-12-16-10-18(26)5-7-21(16)37-22)23(34)32-14-19-11-15(8-9-30-19)20-6-4-17(13-31-20)25(27,28)29/h4-13H,14H2,1-3H3,(H,32,34). The van der Waals surface area contributed by atoms with Crippen LogP contribution in [0.4, 0.5) is 17.6 Å². The van der Waals surface area contributed by atoms with Crippen LogP contribution in [0.5, 0.6) is 0 Å². The summed E-state index contributed by atoms with van der Waals surface area (Å²) in [7, 11) is -3.06. The molecule has 3 heterocycles. The van der Waals surface area contributed by atoms with Gasteiger partial charge < -0.3 is 9.73 Å². The summed E-state index contributed by atoms with van der Waals surface area (Å²) in [6, 6.07) is 10.0. The monoisotopic (exact) mass is 550 g/mol. The highest BCUT2D eigenvalue weighted by Gasteiger charge is 2.41. The largest absolute Gasteiger partial charge is 0.443 e. The van der Waals surface area contributed by atoms with Crippen LogP contribution in [0.3, 0.4) is 0 Å². The average Bonchev–Trinajstić information content (AvgIpc) is 3.30. The molecule has 0 bridgehead atoms. The zero-order chi connectivity index (χ0) is 27.9. The topological polar surface area (TPSA) is 105 Å². The number of benzene rings is 1.